The average Bonchev–Trinajstić information content (AvgIpc) is 2.80. The van der Waals surface area contributed by atoms with Crippen LogP contribution in [0, 0.1) is 10.1 Å². The molecule has 19 heavy (non-hydrogen) atoms. The van der Waals surface area contributed by atoms with E-state index in [4.69, 9.17) is 4.74 Å². The summed E-state index contributed by atoms with van der Waals surface area (Å²) < 4.78 is 6.35. The first-order valence-corrected chi connectivity index (χ1v) is 5.83. The third-order valence-electron chi connectivity index (χ3n) is 2.79. The molecule has 0 saturated carbocycles. The van der Waals surface area contributed by atoms with E-state index in [1.807, 2.05) is 0 Å². The molecule has 1 atom stereocenters. The van der Waals surface area contributed by atoms with E-state index < -0.39 is 16.9 Å². The SMILES string of the molecule is CCOC(=O)C(C)n1ncc2ccc([N+](=O)[O-])cc21. The largest absolute Gasteiger partial charge is 0.464 e. The van der Waals surface area contributed by atoms with E-state index in [9.17, 15) is 14.9 Å². The van der Waals surface area contributed by atoms with Crippen LogP contribution in [-0.4, -0.2) is 27.3 Å². The van der Waals surface area contributed by atoms with Crippen LogP contribution in [-0.2, 0) is 9.53 Å². The van der Waals surface area contributed by atoms with Gasteiger partial charge in [-0.3, -0.25) is 14.8 Å². The van der Waals surface area contributed by atoms with Crippen LogP contribution in [0.25, 0.3) is 10.9 Å². The van der Waals surface area contributed by atoms with Crippen LogP contribution in [0.15, 0.2) is 24.4 Å². The van der Waals surface area contributed by atoms with Gasteiger partial charge in [-0.15, -0.1) is 0 Å². The number of fused-ring (bicyclic) bond motifs is 1. The number of nitrogens with zero attached hydrogens (tertiary/aromatic N) is 3. The van der Waals surface area contributed by atoms with E-state index in [0.29, 0.717) is 5.52 Å². The minimum absolute atomic E-state index is 0.0368. The molecular weight excluding hydrogens is 250 g/mol. The zero-order chi connectivity index (χ0) is 14.0. The van der Waals surface area contributed by atoms with E-state index in [1.54, 1.807) is 26.1 Å². The van der Waals surface area contributed by atoms with Crippen LogP contribution in [0.1, 0.15) is 19.9 Å². The maximum atomic E-state index is 11.7. The Bertz CT molecular complexity index is 635. The van der Waals surface area contributed by atoms with Crippen LogP contribution in [0.2, 0.25) is 0 Å². The number of hydrogen-bond donors (Lipinski definition) is 0. The summed E-state index contributed by atoms with van der Waals surface area (Å²) in [6, 6.07) is 3.79. The molecule has 0 amide bonds. The summed E-state index contributed by atoms with van der Waals surface area (Å²) >= 11 is 0. The third-order valence-corrected chi connectivity index (χ3v) is 2.79. The predicted molar refractivity (Wildman–Crippen MR) is 67.7 cm³/mol. The molecule has 0 bridgehead atoms. The van der Waals surface area contributed by atoms with Crippen LogP contribution >= 0.6 is 0 Å². The Morgan fingerprint density at radius 3 is 2.95 bits per heavy atom. The van der Waals surface area contributed by atoms with Gasteiger partial charge < -0.3 is 4.74 Å². The Kier molecular flexibility index (Phi) is 3.46. The molecule has 0 aliphatic heterocycles. The fourth-order valence-electron chi connectivity index (χ4n) is 1.81. The van der Waals surface area contributed by atoms with E-state index in [0.717, 1.165) is 5.39 Å². The lowest BCUT2D eigenvalue weighted by Gasteiger charge is -2.11. The van der Waals surface area contributed by atoms with Gasteiger partial charge in [0.15, 0.2) is 0 Å². The van der Waals surface area contributed by atoms with Crippen molar-refractivity contribution in [3.8, 4) is 0 Å². The van der Waals surface area contributed by atoms with Gasteiger partial charge in [-0.05, 0) is 19.9 Å². The summed E-state index contributed by atoms with van der Waals surface area (Å²) in [4.78, 5) is 22.0. The number of hydrogen-bond acceptors (Lipinski definition) is 5. The van der Waals surface area contributed by atoms with Crippen LogP contribution in [0.3, 0.4) is 0 Å². The lowest BCUT2D eigenvalue weighted by molar-refractivity contribution is -0.384. The van der Waals surface area contributed by atoms with E-state index in [1.165, 1.54) is 16.8 Å². The minimum Gasteiger partial charge on any atom is -0.464 e. The summed E-state index contributed by atoms with van der Waals surface area (Å²) in [7, 11) is 0. The van der Waals surface area contributed by atoms with Crippen LogP contribution < -0.4 is 0 Å². The molecule has 100 valence electrons. The first-order chi connectivity index (χ1) is 9.04. The number of ether oxygens (including phenoxy) is 1. The number of non-ortho nitro benzene ring substituents is 1. The van der Waals surface area contributed by atoms with Crippen molar-refractivity contribution in [3.05, 3.63) is 34.5 Å². The van der Waals surface area contributed by atoms with Crippen molar-refractivity contribution < 1.29 is 14.5 Å². The Hall–Kier alpha value is -2.44. The Morgan fingerprint density at radius 2 is 2.32 bits per heavy atom. The first kappa shape index (κ1) is 13.0. The van der Waals surface area contributed by atoms with E-state index in [2.05, 4.69) is 5.10 Å². The lowest BCUT2D eigenvalue weighted by Crippen LogP contribution is -2.20. The topological polar surface area (TPSA) is 87.3 Å². The summed E-state index contributed by atoms with van der Waals surface area (Å²) in [5.74, 6) is -0.418. The second-order valence-corrected chi connectivity index (χ2v) is 4.02. The van der Waals surface area contributed by atoms with Crippen molar-refractivity contribution >= 4 is 22.6 Å². The number of esters is 1. The zero-order valence-electron chi connectivity index (χ0n) is 10.6. The number of carbonyl (C=O) groups is 1. The summed E-state index contributed by atoms with van der Waals surface area (Å²) in [5, 5.41) is 15.6. The summed E-state index contributed by atoms with van der Waals surface area (Å²) in [5.41, 5.74) is 0.500. The Balaban J connectivity index is 2.46. The third kappa shape index (κ3) is 2.40. The van der Waals surface area contributed by atoms with Crippen molar-refractivity contribution in [3.63, 3.8) is 0 Å². The normalized spacial score (nSPS) is 12.3. The number of nitro groups is 1. The highest BCUT2D eigenvalue weighted by molar-refractivity contribution is 5.83. The van der Waals surface area contributed by atoms with Gasteiger partial charge in [0, 0.05) is 17.5 Å². The highest BCUT2D eigenvalue weighted by Gasteiger charge is 2.20. The molecule has 0 N–H and O–H groups in total. The molecule has 1 aromatic heterocycles. The zero-order valence-corrected chi connectivity index (χ0v) is 10.6. The molecule has 0 saturated heterocycles. The van der Waals surface area contributed by atoms with Crippen molar-refractivity contribution in [1.29, 1.82) is 0 Å². The fourth-order valence-corrected chi connectivity index (χ4v) is 1.81. The summed E-state index contributed by atoms with van der Waals surface area (Å²) in [6.07, 6.45) is 1.56. The van der Waals surface area contributed by atoms with Gasteiger partial charge in [-0.1, -0.05) is 0 Å². The molecule has 1 aromatic carbocycles. The molecule has 1 heterocycles. The van der Waals surface area contributed by atoms with Crippen molar-refractivity contribution in [1.82, 2.24) is 9.78 Å². The van der Waals surface area contributed by atoms with Gasteiger partial charge in [0.05, 0.1) is 23.2 Å². The molecule has 0 aliphatic carbocycles. The molecule has 0 radical (unpaired) electrons. The summed E-state index contributed by atoms with van der Waals surface area (Å²) in [6.45, 7) is 3.64. The molecular formula is C12H13N3O4. The smallest absolute Gasteiger partial charge is 0.330 e. The molecule has 2 aromatic rings. The Labute approximate surface area is 108 Å². The van der Waals surface area contributed by atoms with Gasteiger partial charge in [-0.2, -0.15) is 5.10 Å². The van der Waals surface area contributed by atoms with Crippen molar-refractivity contribution in [2.24, 2.45) is 0 Å². The minimum atomic E-state index is -0.626. The monoisotopic (exact) mass is 263 g/mol. The quantitative estimate of drug-likeness (QED) is 0.478. The van der Waals surface area contributed by atoms with Gasteiger partial charge in [0.25, 0.3) is 5.69 Å². The maximum Gasteiger partial charge on any atom is 0.330 e. The number of nitro benzene ring substituents is 1. The number of aromatic nitrogens is 2. The average molecular weight is 263 g/mol. The standard InChI is InChI=1S/C12H13N3O4/c1-3-19-12(16)8(2)14-11-6-10(15(17)18)5-4-9(11)7-13-14/h4-8H,3H2,1-2H3. The molecule has 1 unspecified atom stereocenters. The predicted octanol–water partition coefficient (Wildman–Crippen LogP) is 2.07. The van der Waals surface area contributed by atoms with Crippen LogP contribution in [0.4, 0.5) is 5.69 Å². The van der Waals surface area contributed by atoms with Gasteiger partial charge in [-0.25, -0.2) is 4.79 Å². The highest BCUT2D eigenvalue weighted by Crippen LogP contribution is 2.23. The Morgan fingerprint density at radius 1 is 1.58 bits per heavy atom. The molecule has 7 nitrogen and oxygen atoms in total. The molecule has 0 spiro atoms. The molecule has 0 fully saturated rings. The van der Waals surface area contributed by atoms with Gasteiger partial charge in [0.1, 0.15) is 6.04 Å². The second kappa shape index (κ2) is 5.05. The van der Waals surface area contributed by atoms with E-state index in [-0.39, 0.29) is 12.3 Å². The van der Waals surface area contributed by atoms with Crippen LogP contribution in [0.5, 0.6) is 0 Å². The van der Waals surface area contributed by atoms with Gasteiger partial charge >= 0.3 is 5.97 Å². The maximum absolute atomic E-state index is 11.7. The number of carbonyl (C=O) groups excluding carboxylic acids is 1. The van der Waals surface area contributed by atoms with Crippen molar-refractivity contribution in [2.45, 2.75) is 19.9 Å². The van der Waals surface area contributed by atoms with Crippen molar-refractivity contribution in [2.75, 3.05) is 6.61 Å². The molecule has 2 rings (SSSR count). The molecule has 0 aliphatic rings. The highest BCUT2D eigenvalue weighted by atomic mass is 16.6. The first-order valence-electron chi connectivity index (χ1n) is 5.83. The number of benzene rings is 1. The molecule has 7 heteroatoms. The number of rotatable bonds is 4. The fraction of sp³-hybridized carbons (Fsp3) is 0.333. The van der Waals surface area contributed by atoms with Gasteiger partial charge in [0.2, 0.25) is 0 Å². The second-order valence-electron chi connectivity index (χ2n) is 4.02. The lowest BCUT2D eigenvalue weighted by atomic mass is 10.2. The van der Waals surface area contributed by atoms with E-state index >= 15 is 0 Å².